The summed E-state index contributed by atoms with van der Waals surface area (Å²) < 4.78 is 9.81. The van der Waals surface area contributed by atoms with Crippen LogP contribution in [0.15, 0.2) is 72.8 Å². The number of nitrogens with zero attached hydrogens (tertiary/aromatic N) is 2. The largest absolute Gasteiger partial charge is 0.465 e. The van der Waals surface area contributed by atoms with Crippen molar-refractivity contribution in [2.75, 3.05) is 19.0 Å². The summed E-state index contributed by atoms with van der Waals surface area (Å²) in [6, 6.07) is 11.1. The van der Waals surface area contributed by atoms with Crippen LogP contribution in [0.1, 0.15) is 18.5 Å². The molecular formula is C21H22N4O6. The van der Waals surface area contributed by atoms with E-state index < -0.39 is 22.8 Å². The number of carbonyl (C=O) groups is 2. The minimum Gasteiger partial charge on any atom is -0.465 e. The molecule has 0 saturated heterocycles. The number of benzene rings is 1. The van der Waals surface area contributed by atoms with E-state index in [1.54, 1.807) is 37.4 Å². The average molecular weight is 426 g/mol. The number of methoxy groups -OCH3 is 1. The molecule has 1 unspecified atom stereocenters. The smallest absolute Gasteiger partial charge is 0.355 e. The number of nitrogens with one attached hydrogen (secondary N) is 2. The van der Waals surface area contributed by atoms with Gasteiger partial charge in [0.15, 0.2) is 0 Å². The number of hydrogen-bond donors (Lipinski definition) is 2. The van der Waals surface area contributed by atoms with E-state index in [1.807, 2.05) is 0 Å². The fourth-order valence-corrected chi connectivity index (χ4v) is 2.50. The molecule has 1 aromatic carbocycles. The quantitative estimate of drug-likeness (QED) is 0.255. The molecule has 0 radical (unpaired) electrons. The molecule has 0 aliphatic carbocycles. The number of esters is 2. The van der Waals surface area contributed by atoms with Crippen LogP contribution in [0.4, 0.5) is 11.4 Å². The molecule has 1 heterocycles. The maximum absolute atomic E-state index is 12.3. The van der Waals surface area contributed by atoms with Gasteiger partial charge in [0.1, 0.15) is 17.3 Å². The zero-order valence-corrected chi connectivity index (χ0v) is 17.0. The number of nitro groups is 1. The van der Waals surface area contributed by atoms with Gasteiger partial charge in [-0.1, -0.05) is 18.2 Å². The Morgan fingerprint density at radius 2 is 1.97 bits per heavy atom. The molecule has 10 heteroatoms. The molecule has 0 saturated carbocycles. The Bertz CT molecular complexity index is 975. The monoisotopic (exact) mass is 426 g/mol. The molecule has 162 valence electrons. The molecule has 2 N–H and O–H groups in total. The summed E-state index contributed by atoms with van der Waals surface area (Å²) in [5, 5.41) is 16.6. The average Bonchev–Trinajstić information content (AvgIpc) is 2.79. The first-order chi connectivity index (χ1) is 15.0. The summed E-state index contributed by atoms with van der Waals surface area (Å²) in [6.07, 6.45) is 5.65. The van der Waals surface area contributed by atoms with Crippen LogP contribution in [-0.4, -0.2) is 35.6 Å². The Morgan fingerprint density at radius 1 is 1.23 bits per heavy atom. The molecule has 0 amide bonds. The van der Waals surface area contributed by atoms with Gasteiger partial charge in [0, 0.05) is 18.5 Å². The Labute approximate surface area is 178 Å². The second-order valence-corrected chi connectivity index (χ2v) is 5.96. The van der Waals surface area contributed by atoms with Gasteiger partial charge in [-0.2, -0.15) is 0 Å². The normalized spacial score (nSPS) is 12.1. The number of ether oxygens (including phenoxy) is 2. The lowest BCUT2D eigenvalue weighted by Gasteiger charge is -2.12. The summed E-state index contributed by atoms with van der Waals surface area (Å²) in [6.45, 7) is 1.90. The van der Waals surface area contributed by atoms with Crippen molar-refractivity contribution in [2.24, 2.45) is 0 Å². The molecule has 1 atom stereocenters. The number of rotatable bonds is 10. The molecule has 0 aliphatic heterocycles. The van der Waals surface area contributed by atoms with Crippen molar-refractivity contribution >= 4 is 23.3 Å². The Balaban J connectivity index is 2.22. The number of pyridine rings is 1. The molecule has 0 spiro atoms. The number of para-hydroxylation sites is 2. The highest BCUT2D eigenvalue weighted by molar-refractivity contribution is 5.88. The summed E-state index contributed by atoms with van der Waals surface area (Å²) in [5.74, 6) is -2.02. The Hall–Kier alpha value is -4.21. The number of nitro benzene ring substituents is 1. The van der Waals surface area contributed by atoms with Crippen molar-refractivity contribution in [1.29, 1.82) is 0 Å². The zero-order valence-electron chi connectivity index (χ0n) is 17.0. The fourth-order valence-electron chi connectivity index (χ4n) is 2.50. The van der Waals surface area contributed by atoms with Gasteiger partial charge >= 0.3 is 11.9 Å². The molecule has 31 heavy (non-hydrogen) atoms. The predicted molar refractivity (Wildman–Crippen MR) is 113 cm³/mol. The van der Waals surface area contributed by atoms with Crippen molar-refractivity contribution in [1.82, 2.24) is 10.3 Å². The van der Waals surface area contributed by atoms with E-state index in [-0.39, 0.29) is 23.7 Å². The highest BCUT2D eigenvalue weighted by atomic mass is 16.6. The molecular weight excluding hydrogens is 404 g/mol. The van der Waals surface area contributed by atoms with E-state index >= 15 is 0 Å². The van der Waals surface area contributed by atoms with Crippen LogP contribution in [0.2, 0.25) is 0 Å². The van der Waals surface area contributed by atoms with Gasteiger partial charge in [-0.15, -0.1) is 0 Å². The molecule has 2 aromatic rings. The topological polar surface area (TPSA) is 133 Å². The van der Waals surface area contributed by atoms with Crippen molar-refractivity contribution in [3.05, 3.63) is 88.6 Å². The molecule has 0 bridgehead atoms. The lowest BCUT2D eigenvalue weighted by molar-refractivity contribution is -0.383. The standard InChI is InChI=1S/C21H22N4O6/c1-3-31-20(26)15(16-8-6-7-12-22-16)11-13-23-18(21(27)30-2)14-24-17-9-4-5-10-19(17)25(28)29/h4-15,23-24H,3H2,1-2H3/b13-11+,18-14+. The van der Waals surface area contributed by atoms with Crippen molar-refractivity contribution in [2.45, 2.75) is 12.8 Å². The second kappa shape index (κ2) is 11.7. The summed E-state index contributed by atoms with van der Waals surface area (Å²) in [4.78, 5) is 39.1. The lowest BCUT2D eigenvalue weighted by atomic mass is 10.1. The minimum atomic E-state index is -0.796. The van der Waals surface area contributed by atoms with Gasteiger partial charge in [0.2, 0.25) is 0 Å². The maximum Gasteiger partial charge on any atom is 0.355 e. The van der Waals surface area contributed by atoms with Gasteiger partial charge in [0.05, 0.1) is 24.3 Å². The number of anilines is 1. The van der Waals surface area contributed by atoms with Gasteiger partial charge in [0.25, 0.3) is 5.69 Å². The van der Waals surface area contributed by atoms with Crippen molar-refractivity contribution < 1.29 is 24.0 Å². The van der Waals surface area contributed by atoms with Gasteiger partial charge in [-0.05, 0) is 37.4 Å². The number of aromatic nitrogens is 1. The van der Waals surface area contributed by atoms with Crippen LogP contribution in [0.5, 0.6) is 0 Å². The van der Waals surface area contributed by atoms with Crippen LogP contribution in [0, 0.1) is 10.1 Å². The zero-order chi connectivity index (χ0) is 22.6. The van der Waals surface area contributed by atoms with Crippen molar-refractivity contribution in [3.8, 4) is 0 Å². The van der Waals surface area contributed by atoms with Crippen LogP contribution in [0.3, 0.4) is 0 Å². The number of carbonyl (C=O) groups excluding carboxylic acids is 2. The Kier molecular flexibility index (Phi) is 8.72. The van der Waals surface area contributed by atoms with E-state index in [4.69, 9.17) is 9.47 Å². The van der Waals surface area contributed by atoms with Gasteiger partial charge in [-0.3, -0.25) is 19.9 Å². The summed E-state index contributed by atoms with van der Waals surface area (Å²) >= 11 is 0. The minimum absolute atomic E-state index is 0.0412. The highest BCUT2D eigenvalue weighted by Gasteiger charge is 2.20. The second-order valence-electron chi connectivity index (χ2n) is 5.96. The molecule has 0 fully saturated rings. The van der Waals surface area contributed by atoms with E-state index in [0.717, 1.165) is 0 Å². The van der Waals surface area contributed by atoms with Crippen LogP contribution >= 0.6 is 0 Å². The maximum atomic E-state index is 12.3. The SMILES string of the molecule is CCOC(=O)C(/C=C/N/C(=C/Nc1ccccc1[N+](=O)[O-])C(=O)OC)c1ccccn1. The summed E-state index contributed by atoms with van der Waals surface area (Å²) in [5.41, 5.74) is 0.467. The molecule has 2 rings (SSSR count). The van der Waals surface area contributed by atoms with Crippen molar-refractivity contribution in [3.63, 3.8) is 0 Å². The third-order valence-corrected chi connectivity index (χ3v) is 3.95. The fraction of sp³-hybridized carbons (Fsp3) is 0.190. The highest BCUT2D eigenvalue weighted by Crippen LogP contribution is 2.23. The first-order valence-corrected chi connectivity index (χ1v) is 9.27. The van der Waals surface area contributed by atoms with Crippen LogP contribution < -0.4 is 10.6 Å². The van der Waals surface area contributed by atoms with Crippen LogP contribution in [-0.2, 0) is 19.1 Å². The third kappa shape index (κ3) is 6.67. The number of hydrogen-bond acceptors (Lipinski definition) is 9. The Morgan fingerprint density at radius 3 is 2.61 bits per heavy atom. The third-order valence-electron chi connectivity index (χ3n) is 3.95. The van der Waals surface area contributed by atoms with Gasteiger partial charge < -0.3 is 20.1 Å². The first kappa shape index (κ1) is 23.1. The molecule has 0 aliphatic rings. The van der Waals surface area contributed by atoms with E-state index in [0.29, 0.717) is 5.69 Å². The predicted octanol–water partition coefficient (Wildman–Crippen LogP) is 2.87. The lowest BCUT2D eigenvalue weighted by Crippen LogP contribution is -2.20. The van der Waals surface area contributed by atoms with Crippen LogP contribution in [0.25, 0.3) is 0 Å². The van der Waals surface area contributed by atoms with E-state index in [1.165, 1.54) is 43.8 Å². The first-order valence-electron chi connectivity index (χ1n) is 9.27. The van der Waals surface area contributed by atoms with Gasteiger partial charge in [-0.25, -0.2) is 4.79 Å². The molecule has 1 aromatic heterocycles. The molecule has 10 nitrogen and oxygen atoms in total. The van der Waals surface area contributed by atoms with E-state index in [2.05, 4.69) is 15.6 Å². The van der Waals surface area contributed by atoms with E-state index in [9.17, 15) is 19.7 Å². The summed E-state index contributed by atoms with van der Waals surface area (Å²) in [7, 11) is 1.20.